The lowest BCUT2D eigenvalue weighted by atomic mass is 9.77. The van der Waals surface area contributed by atoms with Gasteiger partial charge in [-0.3, -0.25) is 9.59 Å². The van der Waals surface area contributed by atoms with E-state index in [1.54, 1.807) is 23.1 Å². The van der Waals surface area contributed by atoms with Crippen LogP contribution in [-0.4, -0.2) is 90.3 Å². The van der Waals surface area contributed by atoms with Crippen LogP contribution >= 0.6 is 0 Å². The van der Waals surface area contributed by atoms with E-state index in [0.717, 1.165) is 19.3 Å². The number of amides is 2. The van der Waals surface area contributed by atoms with E-state index in [0.29, 0.717) is 60.8 Å². The number of hydrogen-bond donors (Lipinski definition) is 4. The minimum absolute atomic E-state index is 0.0596. The van der Waals surface area contributed by atoms with Crippen LogP contribution in [-0.2, 0) is 20.9 Å². The first-order valence-corrected chi connectivity index (χ1v) is 16.6. The summed E-state index contributed by atoms with van der Waals surface area (Å²) in [5.74, 6) is -0.322. The van der Waals surface area contributed by atoms with Crippen molar-refractivity contribution in [3.63, 3.8) is 0 Å². The molecular weight excluding hydrogens is 564 g/mol. The third kappa shape index (κ3) is 9.42. The molecule has 4 atom stereocenters. The van der Waals surface area contributed by atoms with Gasteiger partial charge in [-0.1, -0.05) is 58.3 Å². The average Bonchev–Trinajstić information content (AvgIpc) is 3.43. The van der Waals surface area contributed by atoms with Gasteiger partial charge < -0.3 is 39.7 Å². The standard InChI is InChI=1S/C34H54N2O8/c1-4-6-7-8-9-10-11-12-13-15-29(39)36(17-14-19-43-5-2)27-22-26(34(41)35-16-18-37)30-25-20-24(23-38)21-28(42-3)32(25)44-33(30)31(27)40/h20-22,27,30-31,33,37-38,40H,4-19,23H2,1-3H3,(H,35,41). The van der Waals surface area contributed by atoms with Gasteiger partial charge in [-0.25, -0.2) is 0 Å². The largest absolute Gasteiger partial charge is 0.493 e. The molecule has 4 unspecified atom stereocenters. The van der Waals surface area contributed by atoms with E-state index in [1.165, 1.54) is 45.6 Å². The van der Waals surface area contributed by atoms with E-state index < -0.39 is 30.1 Å². The number of fused-ring (bicyclic) bond motifs is 3. The molecule has 0 saturated heterocycles. The Balaban J connectivity index is 1.84. The summed E-state index contributed by atoms with van der Waals surface area (Å²) < 4.78 is 17.4. The molecule has 10 nitrogen and oxygen atoms in total. The first-order valence-electron chi connectivity index (χ1n) is 16.6. The van der Waals surface area contributed by atoms with Gasteiger partial charge in [0.1, 0.15) is 12.2 Å². The minimum Gasteiger partial charge on any atom is -0.493 e. The summed E-state index contributed by atoms with van der Waals surface area (Å²) in [7, 11) is 1.50. The summed E-state index contributed by atoms with van der Waals surface area (Å²) in [6, 6.07) is 2.64. The molecule has 2 aliphatic rings. The predicted molar refractivity (Wildman–Crippen MR) is 169 cm³/mol. The van der Waals surface area contributed by atoms with E-state index in [-0.39, 0.29) is 25.7 Å². The Bertz CT molecular complexity index is 1080. The van der Waals surface area contributed by atoms with Gasteiger partial charge in [0.05, 0.1) is 32.3 Å². The Hall–Kier alpha value is -2.66. The summed E-state index contributed by atoms with van der Waals surface area (Å²) in [5.41, 5.74) is 1.57. The highest BCUT2D eigenvalue weighted by Crippen LogP contribution is 2.51. The van der Waals surface area contributed by atoms with Crippen LogP contribution in [0.1, 0.15) is 102 Å². The second-order valence-corrected chi connectivity index (χ2v) is 11.7. The minimum atomic E-state index is -1.12. The number of ether oxygens (including phenoxy) is 3. The number of methoxy groups -OCH3 is 1. The fraction of sp³-hybridized carbons (Fsp3) is 0.706. The van der Waals surface area contributed by atoms with Gasteiger partial charge in [-0.15, -0.1) is 0 Å². The van der Waals surface area contributed by atoms with Crippen molar-refractivity contribution in [1.82, 2.24) is 10.2 Å². The topological polar surface area (TPSA) is 138 Å². The highest BCUT2D eigenvalue weighted by molar-refractivity contribution is 5.96. The van der Waals surface area contributed by atoms with Crippen LogP contribution in [0.25, 0.3) is 0 Å². The number of carbonyl (C=O) groups is 2. The number of benzene rings is 1. The van der Waals surface area contributed by atoms with Gasteiger partial charge in [-0.05, 0) is 43.5 Å². The molecule has 0 bridgehead atoms. The molecule has 248 valence electrons. The number of unbranched alkanes of at least 4 members (excludes halogenated alkanes) is 8. The highest BCUT2D eigenvalue weighted by Gasteiger charge is 2.51. The maximum Gasteiger partial charge on any atom is 0.247 e. The quantitative estimate of drug-likeness (QED) is 0.152. The zero-order valence-electron chi connectivity index (χ0n) is 26.9. The first-order chi connectivity index (χ1) is 21.4. The Morgan fingerprint density at radius 2 is 1.70 bits per heavy atom. The monoisotopic (exact) mass is 618 g/mol. The molecule has 1 aliphatic carbocycles. The SMILES string of the molecule is CCCCCCCCCCCC(=O)N(CCCOCC)C1C=C(C(=O)NCCO)C2c3cc(CO)cc(OC)c3OC2C1O. The van der Waals surface area contributed by atoms with Crippen LogP contribution in [0.3, 0.4) is 0 Å². The molecule has 4 N–H and O–H groups in total. The lowest BCUT2D eigenvalue weighted by Gasteiger charge is -2.41. The second-order valence-electron chi connectivity index (χ2n) is 11.7. The van der Waals surface area contributed by atoms with Crippen molar-refractivity contribution >= 4 is 11.8 Å². The Kier molecular flexibility index (Phi) is 15.5. The Labute approximate surface area is 262 Å². The zero-order valence-corrected chi connectivity index (χ0v) is 26.9. The number of nitrogens with one attached hydrogen (secondary N) is 1. The summed E-state index contributed by atoms with van der Waals surface area (Å²) in [6.45, 7) is 5.15. The van der Waals surface area contributed by atoms with E-state index >= 15 is 0 Å². The van der Waals surface area contributed by atoms with Crippen LogP contribution in [0.4, 0.5) is 0 Å². The van der Waals surface area contributed by atoms with Crippen molar-refractivity contribution in [2.75, 3.05) is 40.0 Å². The van der Waals surface area contributed by atoms with Crippen molar-refractivity contribution in [2.24, 2.45) is 0 Å². The molecule has 0 spiro atoms. The van der Waals surface area contributed by atoms with Gasteiger partial charge in [0.15, 0.2) is 11.5 Å². The van der Waals surface area contributed by atoms with Crippen LogP contribution in [0.2, 0.25) is 0 Å². The van der Waals surface area contributed by atoms with Crippen molar-refractivity contribution in [1.29, 1.82) is 0 Å². The maximum atomic E-state index is 13.7. The molecule has 0 radical (unpaired) electrons. The number of hydrogen-bond acceptors (Lipinski definition) is 8. The summed E-state index contributed by atoms with van der Waals surface area (Å²) in [6.07, 6.45) is 11.0. The number of nitrogens with zero attached hydrogens (tertiary/aromatic N) is 1. The number of aliphatic hydroxyl groups excluding tert-OH is 3. The van der Waals surface area contributed by atoms with Crippen molar-refractivity contribution in [3.8, 4) is 11.5 Å². The molecule has 1 heterocycles. The lowest BCUT2D eigenvalue weighted by Crippen LogP contribution is -2.56. The molecular formula is C34H54N2O8. The second kappa shape index (κ2) is 19.0. The molecule has 2 amide bonds. The van der Waals surface area contributed by atoms with Crippen molar-refractivity contribution < 1.29 is 39.1 Å². The normalized spacial score (nSPS) is 20.4. The summed E-state index contributed by atoms with van der Waals surface area (Å²) in [4.78, 5) is 28.9. The molecule has 10 heteroatoms. The summed E-state index contributed by atoms with van der Waals surface area (Å²) >= 11 is 0. The van der Waals surface area contributed by atoms with Crippen LogP contribution in [0, 0.1) is 0 Å². The molecule has 3 rings (SSSR count). The van der Waals surface area contributed by atoms with E-state index in [4.69, 9.17) is 14.2 Å². The maximum absolute atomic E-state index is 13.7. The molecule has 0 fully saturated rings. The number of aliphatic hydroxyl groups is 3. The Morgan fingerprint density at radius 1 is 1.00 bits per heavy atom. The third-order valence-electron chi connectivity index (χ3n) is 8.56. The third-order valence-corrected chi connectivity index (χ3v) is 8.56. The van der Waals surface area contributed by atoms with E-state index in [2.05, 4.69) is 12.2 Å². The van der Waals surface area contributed by atoms with Gasteiger partial charge in [0, 0.05) is 43.9 Å². The lowest BCUT2D eigenvalue weighted by molar-refractivity contribution is -0.137. The van der Waals surface area contributed by atoms with E-state index in [9.17, 15) is 24.9 Å². The molecule has 1 aromatic carbocycles. The summed E-state index contributed by atoms with van der Waals surface area (Å²) in [5, 5.41) is 33.7. The van der Waals surface area contributed by atoms with Crippen LogP contribution in [0.5, 0.6) is 11.5 Å². The highest BCUT2D eigenvalue weighted by atomic mass is 16.5. The van der Waals surface area contributed by atoms with Crippen molar-refractivity contribution in [2.45, 2.75) is 115 Å². The molecule has 0 aromatic heterocycles. The zero-order chi connectivity index (χ0) is 31.9. The van der Waals surface area contributed by atoms with Crippen molar-refractivity contribution in [3.05, 3.63) is 34.9 Å². The number of rotatable bonds is 21. The smallest absolute Gasteiger partial charge is 0.247 e. The van der Waals surface area contributed by atoms with Gasteiger partial charge >= 0.3 is 0 Å². The van der Waals surface area contributed by atoms with E-state index in [1.807, 2.05) is 6.92 Å². The van der Waals surface area contributed by atoms with Crippen LogP contribution in [0.15, 0.2) is 23.8 Å². The molecule has 44 heavy (non-hydrogen) atoms. The number of carbonyl (C=O) groups excluding carboxylic acids is 2. The first kappa shape index (κ1) is 35.8. The fourth-order valence-corrected chi connectivity index (χ4v) is 6.27. The van der Waals surface area contributed by atoms with Gasteiger partial charge in [0.25, 0.3) is 0 Å². The van der Waals surface area contributed by atoms with Crippen LogP contribution < -0.4 is 14.8 Å². The predicted octanol–water partition coefficient (Wildman–Crippen LogP) is 3.99. The molecule has 0 saturated carbocycles. The fourth-order valence-electron chi connectivity index (χ4n) is 6.27. The van der Waals surface area contributed by atoms with Gasteiger partial charge in [-0.2, -0.15) is 0 Å². The molecule has 1 aliphatic heterocycles. The average molecular weight is 619 g/mol. The Morgan fingerprint density at radius 3 is 2.34 bits per heavy atom. The van der Waals surface area contributed by atoms with Gasteiger partial charge in [0.2, 0.25) is 11.8 Å². The molecule has 1 aromatic rings.